The summed E-state index contributed by atoms with van der Waals surface area (Å²) in [6, 6.07) is 0.334. The predicted octanol–water partition coefficient (Wildman–Crippen LogP) is 2.12. The zero-order valence-electron chi connectivity index (χ0n) is 10.6. The van der Waals surface area contributed by atoms with Gasteiger partial charge in [-0.25, -0.2) is 0 Å². The summed E-state index contributed by atoms with van der Waals surface area (Å²) in [5.41, 5.74) is 5.99. The second-order valence-corrected chi connectivity index (χ2v) is 5.65. The van der Waals surface area contributed by atoms with Gasteiger partial charge in [-0.3, -0.25) is 4.79 Å². The van der Waals surface area contributed by atoms with Gasteiger partial charge in [0.2, 0.25) is 5.91 Å². The van der Waals surface area contributed by atoms with Crippen LogP contribution in [-0.2, 0) is 4.79 Å². The molecule has 2 aliphatic carbocycles. The number of hydrogen-bond acceptors (Lipinski definition) is 2. The molecule has 0 aromatic carbocycles. The fourth-order valence-electron chi connectivity index (χ4n) is 3.11. The first-order valence-corrected chi connectivity index (χ1v) is 6.89. The Bertz CT molecular complexity index is 285. The Morgan fingerprint density at radius 1 is 1.24 bits per heavy atom. The zero-order chi connectivity index (χ0) is 12.1. The van der Waals surface area contributed by atoms with Crippen LogP contribution in [0.1, 0.15) is 51.4 Å². The largest absolute Gasteiger partial charge is 0.353 e. The Morgan fingerprint density at radius 2 is 1.88 bits per heavy atom. The molecule has 2 rings (SSSR count). The van der Waals surface area contributed by atoms with Gasteiger partial charge in [0.25, 0.3) is 0 Å². The molecule has 1 fully saturated rings. The predicted molar refractivity (Wildman–Crippen MR) is 69.5 cm³/mol. The van der Waals surface area contributed by atoms with Gasteiger partial charge in [0.15, 0.2) is 0 Å². The fourth-order valence-corrected chi connectivity index (χ4v) is 3.11. The third-order valence-electron chi connectivity index (χ3n) is 4.26. The number of carbonyl (C=O) groups excluding carboxylic acids is 1. The Labute approximate surface area is 104 Å². The van der Waals surface area contributed by atoms with Crippen molar-refractivity contribution >= 4 is 5.91 Å². The van der Waals surface area contributed by atoms with Crippen molar-refractivity contribution in [3.8, 4) is 0 Å². The lowest BCUT2D eigenvalue weighted by molar-refractivity contribution is -0.124. The summed E-state index contributed by atoms with van der Waals surface area (Å²) in [4.78, 5) is 12.0. The number of carbonyl (C=O) groups is 1. The molecule has 0 aliphatic heterocycles. The van der Waals surface area contributed by atoms with E-state index >= 15 is 0 Å². The molecule has 17 heavy (non-hydrogen) atoms. The van der Waals surface area contributed by atoms with Gasteiger partial charge in [-0.1, -0.05) is 31.4 Å². The second-order valence-electron chi connectivity index (χ2n) is 5.65. The van der Waals surface area contributed by atoms with Crippen LogP contribution in [-0.4, -0.2) is 18.5 Å². The van der Waals surface area contributed by atoms with E-state index in [9.17, 15) is 4.79 Å². The maximum Gasteiger partial charge on any atom is 0.220 e. The van der Waals surface area contributed by atoms with E-state index in [1.54, 1.807) is 0 Å². The molecule has 3 nitrogen and oxygen atoms in total. The van der Waals surface area contributed by atoms with Crippen LogP contribution in [0.2, 0.25) is 0 Å². The van der Waals surface area contributed by atoms with E-state index in [2.05, 4.69) is 17.5 Å². The first-order valence-electron chi connectivity index (χ1n) is 6.89. The minimum atomic E-state index is 0.0916. The van der Waals surface area contributed by atoms with Crippen molar-refractivity contribution in [2.45, 2.75) is 57.4 Å². The molecule has 0 radical (unpaired) electrons. The van der Waals surface area contributed by atoms with Crippen molar-refractivity contribution in [3.05, 3.63) is 12.2 Å². The first kappa shape index (κ1) is 12.6. The van der Waals surface area contributed by atoms with E-state index in [0.717, 1.165) is 25.7 Å². The van der Waals surface area contributed by atoms with Crippen LogP contribution in [0, 0.1) is 5.41 Å². The van der Waals surface area contributed by atoms with Crippen LogP contribution in [0.4, 0.5) is 0 Å². The summed E-state index contributed by atoms with van der Waals surface area (Å²) >= 11 is 0. The van der Waals surface area contributed by atoms with Gasteiger partial charge >= 0.3 is 0 Å². The molecule has 3 N–H and O–H groups in total. The Morgan fingerprint density at radius 3 is 2.47 bits per heavy atom. The Kier molecular flexibility index (Phi) is 4.21. The maximum absolute atomic E-state index is 12.0. The standard InChI is InChI=1S/C14H24N2O/c15-11-14(8-4-1-5-9-14)10-13(17)16-12-6-2-3-7-12/h2-3,12H,1,4-11,15H2,(H,16,17). The molecule has 0 aromatic heterocycles. The van der Waals surface area contributed by atoms with Gasteiger partial charge < -0.3 is 11.1 Å². The number of hydrogen-bond donors (Lipinski definition) is 2. The van der Waals surface area contributed by atoms with Crippen LogP contribution >= 0.6 is 0 Å². The summed E-state index contributed by atoms with van der Waals surface area (Å²) in [6.45, 7) is 0.656. The lowest BCUT2D eigenvalue weighted by Crippen LogP contribution is -2.41. The molecule has 0 aromatic rings. The molecular formula is C14H24N2O. The number of amides is 1. The third-order valence-corrected chi connectivity index (χ3v) is 4.26. The van der Waals surface area contributed by atoms with Crippen LogP contribution in [0.25, 0.3) is 0 Å². The average molecular weight is 236 g/mol. The van der Waals surface area contributed by atoms with E-state index in [1.807, 2.05) is 0 Å². The van der Waals surface area contributed by atoms with E-state index in [1.165, 1.54) is 19.3 Å². The van der Waals surface area contributed by atoms with Crippen LogP contribution < -0.4 is 11.1 Å². The van der Waals surface area contributed by atoms with Gasteiger partial charge in [0.1, 0.15) is 0 Å². The second kappa shape index (κ2) is 5.67. The van der Waals surface area contributed by atoms with Crippen molar-refractivity contribution in [1.29, 1.82) is 0 Å². The molecule has 0 unspecified atom stereocenters. The normalized spacial score (nSPS) is 23.8. The van der Waals surface area contributed by atoms with Crippen molar-refractivity contribution in [2.75, 3.05) is 6.54 Å². The van der Waals surface area contributed by atoms with Gasteiger partial charge in [-0.2, -0.15) is 0 Å². The Hall–Kier alpha value is -0.830. The SMILES string of the molecule is NCC1(CC(=O)NC2CC=CC2)CCCCC1. The van der Waals surface area contributed by atoms with Crippen LogP contribution in [0.15, 0.2) is 12.2 Å². The van der Waals surface area contributed by atoms with E-state index in [0.29, 0.717) is 19.0 Å². The van der Waals surface area contributed by atoms with Crippen molar-refractivity contribution in [1.82, 2.24) is 5.32 Å². The summed E-state index contributed by atoms with van der Waals surface area (Å²) in [5.74, 6) is 0.200. The fraction of sp³-hybridized carbons (Fsp3) is 0.786. The lowest BCUT2D eigenvalue weighted by Gasteiger charge is -2.36. The van der Waals surface area contributed by atoms with Gasteiger partial charge in [-0.15, -0.1) is 0 Å². The first-order chi connectivity index (χ1) is 8.24. The molecule has 0 spiro atoms. The topological polar surface area (TPSA) is 55.1 Å². The quantitative estimate of drug-likeness (QED) is 0.735. The minimum Gasteiger partial charge on any atom is -0.353 e. The number of nitrogens with one attached hydrogen (secondary N) is 1. The highest BCUT2D eigenvalue weighted by Crippen LogP contribution is 2.38. The molecule has 2 aliphatic rings. The average Bonchev–Trinajstić information content (AvgIpc) is 2.83. The summed E-state index contributed by atoms with van der Waals surface area (Å²) in [5, 5.41) is 3.13. The third kappa shape index (κ3) is 3.32. The van der Waals surface area contributed by atoms with Crippen molar-refractivity contribution < 1.29 is 4.79 Å². The van der Waals surface area contributed by atoms with E-state index in [-0.39, 0.29) is 11.3 Å². The van der Waals surface area contributed by atoms with Crippen molar-refractivity contribution in [2.24, 2.45) is 11.1 Å². The van der Waals surface area contributed by atoms with Crippen LogP contribution in [0.5, 0.6) is 0 Å². The zero-order valence-corrected chi connectivity index (χ0v) is 10.6. The van der Waals surface area contributed by atoms with E-state index in [4.69, 9.17) is 5.73 Å². The highest BCUT2D eigenvalue weighted by molar-refractivity contribution is 5.77. The monoisotopic (exact) mass is 236 g/mol. The molecular weight excluding hydrogens is 212 g/mol. The molecule has 1 amide bonds. The van der Waals surface area contributed by atoms with Crippen molar-refractivity contribution in [3.63, 3.8) is 0 Å². The minimum absolute atomic E-state index is 0.0916. The molecule has 96 valence electrons. The molecule has 1 saturated carbocycles. The smallest absolute Gasteiger partial charge is 0.220 e. The highest BCUT2D eigenvalue weighted by atomic mass is 16.1. The number of rotatable bonds is 4. The van der Waals surface area contributed by atoms with Gasteiger partial charge in [0.05, 0.1) is 0 Å². The van der Waals surface area contributed by atoms with Gasteiger partial charge in [0, 0.05) is 12.5 Å². The Balaban J connectivity index is 1.82. The maximum atomic E-state index is 12.0. The molecule has 0 atom stereocenters. The summed E-state index contributed by atoms with van der Waals surface area (Å²) in [7, 11) is 0. The lowest BCUT2D eigenvalue weighted by atomic mass is 9.71. The highest BCUT2D eigenvalue weighted by Gasteiger charge is 2.33. The molecule has 0 heterocycles. The molecule has 0 saturated heterocycles. The summed E-state index contributed by atoms with van der Waals surface area (Å²) in [6.07, 6.45) is 12.9. The van der Waals surface area contributed by atoms with Gasteiger partial charge in [-0.05, 0) is 37.6 Å². The molecule has 0 bridgehead atoms. The van der Waals surface area contributed by atoms with Crippen LogP contribution in [0.3, 0.4) is 0 Å². The number of nitrogens with two attached hydrogens (primary N) is 1. The summed E-state index contributed by atoms with van der Waals surface area (Å²) < 4.78 is 0. The molecule has 3 heteroatoms. The van der Waals surface area contributed by atoms with E-state index < -0.39 is 0 Å².